The zero-order valence-electron chi connectivity index (χ0n) is 10.0. The highest BCUT2D eigenvalue weighted by molar-refractivity contribution is 7.90. The van der Waals surface area contributed by atoms with Gasteiger partial charge in [-0.3, -0.25) is 0 Å². The van der Waals surface area contributed by atoms with Gasteiger partial charge in [0.25, 0.3) is 10.0 Å². The van der Waals surface area contributed by atoms with Crippen LogP contribution in [0, 0.1) is 0 Å². The number of methoxy groups -OCH3 is 2. The third-order valence-electron chi connectivity index (χ3n) is 2.50. The van der Waals surface area contributed by atoms with E-state index in [-0.39, 0.29) is 10.6 Å². The topological polar surface area (TPSA) is 57.5 Å². The maximum absolute atomic E-state index is 12.4. The molecule has 0 aliphatic rings. The molecular weight excluding hydrogens is 254 g/mol. The Morgan fingerprint density at radius 3 is 2.28 bits per heavy atom. The smallest absolute Gasteiger partial charge is 0.271 e. The molecule has 0 bridgehead atoms. The summed E-state index contributed by atoms with van der Waals surface area (Å²) in [6, 6.07) is 7.94. The molecule has 96 valence electrons. The van der Waals surface area contributed by atoms with Gasteiger partial charge in [0.2, 0.25) is 0 Å². The summed E-state index contributed by atoms with van der Waals surface area (Å²) in [5, 5.41) is 0. The fourth-order valence-electron chi connectivity index (χ4n) is 1.58. The van der Waals surface area contributed by atoms with Gasteiger partial charge in [-0.1, -0.05) is 0 Å². The number of hydrogen-bond acceptors (Lipinski definition) is 4. The molecule has 0 saturated heterocycles. The van der Waals surface area contributed by atoms with Gasteiger partial charge in [0, 0.05) is 18.5 Å². The first kappa shape index (κ1) is 12.5. The molecule has 0 aliphatic heterocycles. The monoisotopic (exact) mass is 267 g/mol. The van der Waals surface area contributed by atoms with Crippen molar-refractivity contribution >= 4 is 10.0 Å². The predicted octanol–water partition coefficient (Wildman–Crippen LogP) is 1.74. The van der Waals surface area contributed by atoms with Crippen LogP contribution in [0.5, 0.6) is 11.5 Å². The van der Waals surface area contributed by atoms with Crippen molar-refractivity contribution in [2.45, 2.75) is 4.90 Å². The molecule has 0 spiro atoms. The molecule has 2 aromatic rings. The summed E-state index contributed by atoms with van der Waals surface area (Å²) < 4.78 is 36.0. The van der Waals surface area contributed by atoms with Gasteiger partial charge in [-0.25, -0.2) is 12.4 Å². The molecule has 0 unspecified atom stereocenters. The van der Waals surface area contributed by atoms with E-state index in [1.807, 2.05) is 0 Å². The van der Waals surface area contributed by atoms with Gasteiger partial charge in [0.15, 0.2) is 0 Å². The zero-order chi connectivity index (χ0) is 13.2. The van der Waals surface area contributed by atoms with E-state index in [0.29, 0.717) is 5.75 Å². The summed E-state index contributed by atoms with van der Waals surface area (Å²) in [4.78, 5) is 0.0700. The Morgan fingerprint density at radius 2 is 1.72 bits per heavy atom. The second-order valence-corrected chi connectivity index (χ2v) is 5.35. The summed E-state index contributed by atoms with van der Waals surface area (Å²) in [5.41, 5.74) is 0. The third-order valence-corrected chi connectivity index (χ3v) is 4.18. The minimum Gasteiger partial charge on any atom is -0.497 e. The largest absolute Gasteiger partial charge is 0.497 e. The lowest BCUT2D eigenvalue weighted by atomic mass is 10.3. The number of rotatable bonds is 4. The molecule has 6 heteroatoms. The Morgan fingerprint density at radius 1 is 1.06 bits per heavy atom. The second-order valence-electron chi connectivity index (χ2n) is 3.53. The van der Waals surface area contributed by atoms with E-state index in [4.69, 9.17) is 9.47 Å². The van der Waals surface area contributed by atoms with E-state index in [2.05, 4.69) is 0 Å². The maximum Gasteiger partial charge on any atom is 0.271 e. The van der Waals surface area contributed by atoms with Gasteiger partial charge < -0.3 is 9.47 Å². The van der Waals surface area contributed by atoms with Gasteiger partial charge >= 0.3 is 0 Å². The summed E-state index contributed by atoms with van der Waals surface area (Å²) >= 11 is 0. The van der Waals surface area contributed by atoms with E-state index in [1.54, 1.807) is 24.3 Å². The van der Waals surface area contributed by atoms with Gasteiger partial charge in [0.1, 0.15) is 16.4 Å². The second kappa shape index (κ2) is 4.73. The van der Waals surface area contributed by atoms with Crippen molar-refractivity contribution < 1.29 is 17.9 Å². The van der Waals surface area contributed by atoms with Crippen LogP contribution in [0.4, 0.5) is 0 Å². The average molecular weight is 267 g/mol. The summed E-state index contributed by atoms with van der Waals surface area (Å²) in [5.74, 6) is 0.742. The lowest BCUT2D eigenvalue weighted by molar-refractivity contribution is 0.392. The molecule has 0 N–H and O–H groups in total. The molecule has 0 radical (unpaired) electrons. The van der Waals surface area contributed by atoms with Crippen molar-refractivity contribution in [3.63, 3.8) is 0 Å². The number of benzene rings is 1. The lowest BCUT2D eigenvalue weighted by Crippen LogP contribution is -2.12. The SMILES string of the molecule is COc1ccc(OC)c(S(=O)(=O)n2cccc2)c1. The highest BCUT2D eigenvalue weighted by Crippen LogP contribution is 2.29. The van der Waals surface area contributed by atoms with Crippen LogP contribution in [0.15, 0.2) is 47.6 Å². The number of aromatic nitrogens is 1. The van der Waals surface area contributed by atoms with Crippen molar-refractivity contribution in [1.82, 2.24) is 3.97 Å². The van der Waals surface area contributed by atoms with Crippen molar-refractivity contribution in [3.05, 3.63) is 42.7 Å². The normalized spacial score (nSPS) is 11.2. The number of hydrogen-bond donors (Lipinski definition) is 0. The van der Waals surface area contributed by atoms with Crippen LogP contribution < -0.4 is 9.47 Å². The molecule has 0 atom stereocenters. The van der Waals surface area contributed by atoms with Crippen molar-refractivity contribution in [2.24, 2.45) is 0 Å². The molecule has 0 aliphatic carbocycles. The quantitative estimate of drug-likeness (QED) is 0.846. The average Bonchev–Trinajstić information content (AvgIpc) is 2.92. The van der Waals surface area contributed by atoms with Crippen molar-refractivity contribution in [2.75, 3.05) is 14.2 Å². The molecule has 1 aromatic heterocycles. The van der Waals surface area contributed by atoms with E-state index in [0.717, 1.165) is 3.97 Å². The van der Waals surface area contributed by atoms with Crippen LogP contribution in [0.1, 0.15) is 0 Å². The highest BCUT2D eigenvalue weighted by atomic mass is 32.2. The molecule has 0 fully saturated rings. The first-order valence-corrected chi connectivity index (χ1v) is 6.64. The summed E-state index contributed by atoms with van der Waals surface area (Å²) in [6.07, 6.45) is 2.93. The predicted molar refractivity (Wildman–Crippen MR) is 66.6 cm³/mol. The fraction of sp³-hybridized carbons (Fsp3) is 0.167. The van der Waals surface area contributed by atoms with E-state index in [9.17, 15) is 8.42 Å². The van der Waals surface area contributed by atoms with Crippen molar-refractivity contribution in [3.8, 4) is 11.5 Å². The van der Waals surface area contributed by atoms with E-state index < -0.39 is 10.0 Å². The first-order valence-electron chi connectivity index (χ1n) is 5.20. The molecule has 2 rings (SSSR count). The zero-order valence-corrected chi connectivity index (χ0v) is 10.8. The van der Waals surface area contributed by atoms with Crippen molar-refractivity contribution in [1.29, 1.82) is 0 Å². The van der Waals surface area contributed by atoms with E-state index in [1.165, 1.54) is 32.7 Å². The van der Waals surface area contributed by atoms with Crippen LogP contribution >= 0.6 is 0 Å². The Balaban J connectivity index is 2.63. The Hall–Kier alpha value is -1.95. The lowest BCUT2D eigenvalue weighted by Gasteiger charge is -2.11. The summed E-state index contributed by atoms with van der Waals surface area (Å²) in [7, 11) is -0.752. The first-order chi connectivity index (χ1) is 8.59. The minimum atomic E-state index is -3.66. The maximum atomic E-state index is 12.4. The van der Waals surface area contributed by atoms with Gasteiger partial charge in [-0.15, -0.1) is 0 Å². The Kier molecular flexibility index (Phi) is 3.29. The highest BCUT2D eigenvalue weighted by Gasteiger charge is 2.21. The van der Waals surface area contributed by atoms with Crippen LogP contribution in [0.3, 0.4) is 0 Å². The van der Waals surface area contributed by atoms with E-state index >= 15 is 0 Å². The van der Waals surface area contributed by atoms with Crippen LogP contribution in [-0.4, -0.2) is 26.6 Å². The Labute approximate surface area is 106 Å². The molecule has 1 aromatic carbocycles. The number of nitrogens with zero attached hydrogens (tertiary/aromatic N) is 1. The molecule has 1 heterocycles. The Bertz CT molecular complexity index is 632. The van der Waals surface area contributed by atoms with Crippen LogP contribution in [-0.2, 0) is 10.0 Å². The standard InChI is InChI=1S/C12H13NO4S/c1-16-10-5-6-11(17-2)12(9-10)18(14,15)13-7-3-4-8-13/h3-9H,1-2H3. The molecule has 0 saturated carbocycles. The van der Waals surface area contributed by atoms with Gasteiger partial charge in [-0.05, 0) is 24.3 Å². The number of ether oxygens (including phenoxy) is 2. The molecular formula is C12H13NO4S. The summed E-state index contributed by atoms with van der Waals surface area (Å²) in [6.45, 7) is 0. The minimum absolute atomic E-state index is 0.0700. The van der Waals surface area contributed by atoms with Crippen LogP contribution in [0.2, 0.25) is 0 Å². The van der Waals surface area contributed by atoms with Gasteiger partial charge in [0.05, 0.1) is 14.2 Å². The van der Waals surface area contributed by atoms with Gasteiger partial charge in [-0.2, -0.15) is 0 Å². The molecule has 0 amide bonds. The fourth-order valence-corrected chi connectivity index (χ4v) is 2.94. The molecule has 5 nitrogen and oxygen atoms in total. The van der Waals surface area contributed by atoms with Crippen LogP contribution in [0.25, 0.3) is 0 Å². The molecule has 18 heavy (non-hydrogen) atoms. The third kappa shape index (κ3) is 2.06.